The Balaban J connectivity index is 3.42. The number of sulfonamides is 1. The number of halogens is 9. The molecule has 0 spiro atoms. The van der Waals surface area contributed by atoms with Gasteiger partial charge in [0, 0.05) is 6.61 Å². The third kappa shape index (κ3) is 3.26. The molecule has 1 aliphatic heterocycles. The minimum absolute atomic E-state index is 0.118. The lowest BCUT2D eigenvalue weighted by Gasteiger charge is -2.37. The smallest absolute Gasteiger partial charge is 0.351 e. The minimum Gasteiger partial charge on any atom is -0.351 e. The van der Waals surface area contributed by atoms with Crippen LogP contribution in [0.2, 0.25) is 0 Å². The molecule has 0 saturated carbocycles. The van der Waals surface area contributed by atoms with Crippen LogP contribution in [0.5, 0.6) is 0 Å². The van der Waals surface area contributed by atoms with Gasteiger partial charge in [0.05, 0.1) is 6.54 Å². The predicted octanol–water partition coefficient (Wildman–Crippen LogP) is 3.17. The summed E-state index contributed by atoms with van der Waals surface area (Å²) in [6, 6.07) is 0. The van der Waals surface area contributed by atoms with Gasteiger partial charge in [0.25, 0.3) is 10.0 Å². The van der Waals surface area contributed by atoms with Gasteiger partial charge in [-0.1, -0.05) is 0 Å². The summed E-state index contributed by atoms with van der Waals surface area (Å²) in [6.07, 6.45) is -8.64. The number of nitrogens with zero attached hydrogens (tertiary/aromatic N) is 1. The fourth-order valence-corrected chi connectivity index (χ4v) is 3.76. The van der Waals surface area contributed by atoms with E-state index < -0.39 is 56.2 Å². The highest BCUT2D eigenvalue weighted by Gasteiger charge is 2.86. The van der Waals surface area contributed by atoms with Crippen LogP contribution >= 0.6 is 0 Å². The Morgan fingerprint density at radius 2 is 1.50 bits per heavy atom. The Bertz CT molecular complexity index is 632. The first kappa shape index (κ1) is 23.2. The summed E-state index contributed by atoms with van der Waals surface area (Å²) in [5.41, 5.74) is -2.27. The SMILES string of the molecule is CCOC1CN(S(=O)(=O)C(F)(F)C(F)(F)C(F)(F)C(F)(F)F)C(C)(C)O1. The van der Waals surface area contributed by atoms with Crippen LogP contribution in [-0.2, 0) is 19.5 Å². The van der Waals surface area contributed by atoms with E-state index >= 15 is 0 Å². The van der Waals surface area contributed by atoms with E-state index in [1.54, 1.807) is 0 Å². The van der Waals surface area contributed by atoms with Crippen LogP contribution in [0.25, 0.3) is 0 Å². The standard InChI is InChI=1S/C11H14F9NO4S/c1-4-24-6-5-21(7(2,3)25-6)26(22,23)11(19,20)9(14,15)8(12,13)10(16,17)18/h6H,4-5H2,1-3H3. The first-order chi connectivity index (χ1) is 11.3. The van der Waals surface area contributed by atoms with E-state index in [9.17, 15) is 47.9 Å². The highest BCUT2D eigenvalue weighted by molar-refractivity contribution is 7.90. The summed E-state index contributed by atoms with van der Waals surface area (Å²) in [6.45, 7) is 1.76. The van der Waals surface area contributed by atoms with Crippen LogP contribution in [0, 0.1) is 0 Å². The molecule has 0 bridgehead atoms. The third-order valence-electron chi connectivity index (χ3n) is 3.42. The molecule has 1 atom stereocenters. The van der Waals surface area contributed by atoms with Gasteiger partial charge in [-0.3, -0.25) is 0 Å². The fourth-order valence-electron chi connectivity index (χ4n) is 2.09. The van der Waals surface area contributed by atoms with Gasteiger partial charge in [-0.05, 0) is 20.8 Å². The van der Waals surface area contributed by atoms with E-state index in [-0.39, 0.29) is 6.61 Å². The van der Waals surface area contributed by atoms with Crippen LogP contribution < -0.4 is 0 Å². The zero-order chi connectivity index (χ0) is 21.0. The second-order valence-corrected chi connectivity index (χ2v) is 7.55. The molecule has 0 aromatic carbocycles. The average Bonchev–Trinajstić information content (AvgIpc) is 2.72. The van der Waals surface area contributed by atoms with Gasteiger partial charge in [0.1, 0.15) is 5.72 Å². The summed E-state index contributed by atoms with van der Waals surface area (Å²) < 4.78 is 150. The second-order valence-electron chi connectivity index (χ2n) is 5.65. The third-order valence-corrected chi connectivity index (χ3v) is 5.49. The van der Waals surface area contributed by atoms with E-state index in [0.29, 0.717) is 0 Å². The highest BCUT2D eigenvalue weighted by Crippen LogP contribution is 2.56. The van der Waals surface area contributed by atoms with Gasteiger partial charge in [-0.25, -0.2) is 8.42 Å². The lowest BCUT2D eigenvalue weighted by atomic mass is 10.1. The normalized spacial score (nSPS) is 23.5. The van der Waals surface area contributed by atoms with E-state index in [0.717, 1.165) is 13.8 Å². The van der Waals surface area contributed by atoms with Gasteiger partial charge < -0.3 is 9.47 Å². The van der Waals surface area contributed by atoms with Crippen LogP contribution in [0.3, 0.4) is 0 Å². The van der Waals surface area contributed by atoms with Crippen molar-refractivity contribution in [1.29, 1.82) is 0 Å². The van der Waals surface area contributed by atoms with E-state index in [1.165, 1.54) is 6.92 Å². The molecule has 0 aliphatic carbocycles. The van der Waals surface area contributed by atoms with Crippen molar-refractivity contribution in [3.05, 3.63) is 0 Å². The number of hydrogen-bond acceptors (Lipinski definition) is 4. The Morgan fingerprint density at radius 1 is 1.04 bits per heavy atom. The van der Waals surface area contributed by atoms with Crippen molar-refractivity contribution in [1.82, 2.24) is 4.31 Å². The minimum atomic E-state index is -7.32. The maximum atomic E-state index is 13.9. The molecule has 1 heterocycles. The quantitative estimate of drug-likeness (QED) is 0.612. The molecular formula is C11H14F9NO4S. The largest absolute Gasteiger partial charge is 0.460 e. The summed E-state index contributed by atoms with van der Waals surface area (Å²) >= 11 is 0. The maximum Gasteiger partial charge on any atom is 0.460 e. The number of hydrogen-bond donors (Lipinski definition) is 0. The average molecular weight is 427 g/mol. The first-order valence-corrected chi connectivity index (χ1v) is 8.23. The van der Waals surface area contributed by atoms with Crippen LogP contribution in [0.15, 0.2) is 0 Å². The van der Waals surface area contributed by atoms with Crippen molar-refractivity contribution in [2.24, 2.45) is 0 Å². The van der Waals surface area contributed by atoms with Crippen molar-refractivity contribution < 1.29 is 57.4 Å². The molecule has 1 saturated heterocycles. The molecule has 1 fully saturated rings. The molecule has 0 N–H and O–H groups in total. The lowest BCUT2D eigenvalue weighted by molar-refractivity contribution is -0.382. The molecule has 1 unspecified atom stereocenters. The molecule has 0 radical (unpaired) electrons. The number of rotatable bonds is 6. The van der Waals surface area contributed by atoms with Crippen molar-refractivity contribution in [2.45, 2.75) is 56.1 Å². The molecule has 5 nitrogen and oxygen atoms in total. The van der Waals surface area contributed by atoms with Crippen molar-refractivity contribution >= 4 is 10.0 Å². The monoisotopic (exact) mass is 427 g/mol. The van der Waals surface area contributed by atoms with Gasteiger partial charge in [0.15, 0.2) is 6.29 Å². The molecule has 0 aromatic rings. The Kier molecular flexibility index (Phi) is 5.70. The molecule has 26 heavy (non-hydrogen) atoms. The summed E-state index contributed by atoms with van der Waals surface area (Å²) in [7, 11) is -6.73. The maximum absolute atomic E-state index is 13.9. The summed E-state index contributed by atoms with van der Waals surface area (Å²) in [4.78, 5) is 0. The Morgan fingerprint density at radius 3 is 1.88 bits per heavy atom. The Labute approximate surface area is 142 Å². The number of ether oxygens (including phenoxy) is 2. The second kappa shape index (κ2) is 6.38. The lowest BCUT2D eigenvalue weighted by Crippen LogP contribution is -2.66. The Hall–Kier alpha value is -0.800. The summed E-state index contributed by atoms with van der Waals surface area (Å²) in [5.74, 6) is -14.6. The predicted molar refractivity (Wildman–Crippen MR) is 67.1 cm³/mol. The van der Waals surface area contributed by atoms with Crippen LogP contribution in [0.1, 0.15) is 20.8 Å². The van der Waals surface area contributed by atoms with Crippen LogP contribution in [-0.4, -0.2) is 61.2 Å². The molecule has 0 aromatic heterocycles. The van der Waals surface area contributed by atoms with Gasteiger partial charge in [-0.15, -0.1) is 0 Å². The molecule has 0 amide bonds. The molecule has 1 rings (SSSR count). The van der Waals surface area contributed by atoms with Crippen molar-refractivity contribution in [2.75, 3.05) is 13.2 Å². The van der Waals surface area contributed by atoms with E-state index in [1.807, 2.05) is 0 Å². The van der Waals surface area contributed by atoms with E-state index in [2.05, 4.69) is 0 Å². The first-order valence-electron chi connectivity index (χ1n) is 6.79. The zero-order valence-corrected chi connectivity index (χ0v) is 14.2. The zero-order valence-electron chi connectivity index (χ0n) is 13.4. The van der Waals surface area contributed by atoms with E-state index in [4.69, 9.17) is 9.47 Å². The van der Waals surface area contributed by atoms with Gasteiger partial charge >= 0.3 is 23.3 Å². The highest BCUT2D eigenvalue weighted by atomic mass is 32.2. The van der Waals surface area contributed by atoms with Gasteiger partial charge in [-0.2, -0.15) is 43.8 Å². The van der Waals surface area contributed by atoms with Gasteiger partial charge in [0.2, 0.25) is 0 Å². The molecule has 156 valence electrons. The van der Waals surface area contributed by atoms with Crippen LogP contribution in [0.4, 0.5) is 39.5 Å². The molecule has 1 aliphatic rings. The summed E-state index contributed by atoms with van der Waals surface area (Å²) in [5, 5.41) is -6.80. The van der Waals surface area contributed by atoms with Crippen molar-refractivity contribution in [3.63, 3.8) is 0 Å². The number of alkyl halides is 9. The topological polar surface area (TPSA) is 55.8 Å². The molecular weight excluding hydrogens is 413 g/mol. The fraction of sp³-hybridized carbons (Fsp3) is 1.00. The van der Waals surface area contributed by atoms with Crippen molar-refractivity contribution in [3.8, 4) is 0 Å². The molecule has 15 heteroatoms.